The van der Waals surface area contributed by atoms with Gasteiger partial charge in [-0.1, -0.05) is 30.3 Å². The fourth-order valence-electron chi connectivity index (χ4n) is 3.36. The minimum absolute atomic E-state index is 0.0644. The van der Waals surface area contributed by atoms with Crippen molar-refractivity contribution in [3.63, 3.8) is 0 Å². The van der Waals surface area contributed by atoms with Crippen LogP contribution in [-0.2, 0) is 17.6 Å². The molecule has 0 bridgehead atoms. The Balaban J connectivity index is 1.57. The summed E-state index contributed by atoms with van der Waals surface area (Å²) in [5.41, 5.74) is 4.40. The van der Waals surface area contributed by atoms with E-state index in [1.54, 1.807) is 0 Å². The maximum absolute atomic E-state index is 12.1. The highest BCUT2D eigenvalue weighted by Crippen LogP contribution is 2.29. The number of benzene rings is 2. The number of carboxylic acids is 1. The van der Waals surface area contributed by atoms with E-state index in [0.29, 0.717) is 5.56 Å². The summed E-state index contributed by atoms with van der Waals surface area (Å²) in [6, 6.07) is 16.3. The van der Waals surface area contributed by atoms with E-state index in [-0.39, 0.29) is 18.6 Å². The molecule has 0 atom stereocenters. The van der Waals surface area contributed by atoms with Gasteiger partial charge in [-0.15, -0.1) is 0 Å². The Bertz CT molecular complexity index is 755. The van der Waals surface area contributed by atoms with Gasteiger partial charge in [-0.05, 0) is 48.6 Å². The van der Waals surface area contributed by atoms with Crippen LogP contribution in [0.25, 0.3) is 0 Å². The van der Waals surface area contributed by atoms with Crippen molar-refractivity contribution >= 4 is 17.4 Å². The summed E-state index contributed by atoms with van der Waals surface area (Å²) in [6.07, 6.45) is 3.07. The first-order chi connectivity index (χ1) is 12.1. The van der Waals surface area contributed by atoms with E-state index >= 15 is 0 Å². The molecular formula is C21H23NO3. The van der Waals surface area contributed by atoms with Crippen molar-refractivity contribution < 1.29 is 14.7 Å². The van der Waals surface area contributed by atoms with Crippen LogP contribution in [0, 0.1) is 0 Å². The van der Waals surface area contributed by atoms with Crippen LogP contribution in [0.4, 0.5) is 5.69 Å². The Morgan fingerprint density at radius 3 is 2.60 bits per heavy atom. The van der Waals surface area contributed by atoms with E-state index in [9.17, 15) is 9.59 Å². The number of carbonyl (C=O) groups is 2. The van der Waals surface area contributed by atoms with E-state index in [1.165, 1.54) is 16.8 Å². The first-order valence-electron chi connectivity index (χ1n) is 8.80. The summed E-state index contributed by atoms with van der Waals surface area (Å²) in [6.45, 7) is 1.99. The summed E-state index contributed by atoms with van der Waals surface area (Å²) in [4.78, 5) is 25.1. The third kappa shape index (κ3) is 4.47. The molecule has 0 aromatic heterocycles. The number of Topliss-reactive ketones (excluding diaryl/α,β-unsaturated/α-hetero) is 1. The fourth-order valence-corrected chi connectivity index (χ4v) is 3.36. The molecule has 2 aromatic rings. The van der Waals surface area contributed by atoms with Crippen LogP contribution in [0.3, 0.4) is 0 Å². The van der Waals surface area contributed by atoms with E-state index in [0.717, 1.165) is 32.4 Å². The molecule has 1 heterocycles. The van der Waals surface area contributed by atoms with E-state index in [4.69, 9.17) is 5.11 Å². The molecular weight excluding hydrogens is 314 g/mol. The number of aliphatic carboxylic acids is 1. The average molecular weight is 337 g/mol. The zero-order valence-electron chi connectivity index (χ0n) is 14.3. The second kappa shape index (κ2) is 7.97. The van der Waals surface area contributed by atoms with Crippen LogP contribution in [0.15, 0.2) is 48.5 Å². The molecule has 25 heavy (non-hydrogen) atoms. The van der Waals surface area contributed by atoms with Gasteiger partial charge in [0.15, 0.2) is 5.78 Å². The van der Waals surface area contributed by atoms with Crippen molar-refractivity contribution in [2.75, 3.05) is 18.0 Å². The lowest BCUT2D eigenvalue weighted by Crippen LogP contribution is -2.22. The molecule has 1 aliphatic heterocycles. The Kier molecular flexibility index (Phi) is 5.49. The highest BCUT2D eigenvalue weighted by Gasteiger charge is 2.20. The molecule has 0 aliphatic carbocycles. The fraction of sp³-hybridized carbons (Fsp3) is 0.333. The predicted octanol–water partition coefficient (Wildman–Crippen LogP) is 3.73. The molecule has 4 heteroatoms. The molecule has 3 rings (SSSR count). The van der Waals surface area contributed by atoms with Crippen LogP contribution in [0.2, 0.25) is 0 Å². The van der Waals surface area contributed by atoms with Crippen LogP contribution < -0.4 is 4.90 Å². The number of ketones is 1. The van der Waals surface area contributed by atoms with Gasteiger partial charge in [0.25, 0.3) is 0 Å². The minimum Gasteiger partial charge on any atom is -0.481 e. The quantitative estimate of drug-likeness (QED) is 0.746. The molecule has 0 amide bonds. The summed E-state index contributed by atoms with van der Waals surface area (Å²) in [7, 11) is 0. The van der Waals surface area contributed by atoms with Gasteiger partial charge < -0.3 is 10.0 Å². The molecule has 1 N–H and O–H groups in total. The van der Waals surface area contributed by atoms with Crippen molar-refractivity contribution in [2.24, 2.45) is 0 Å². The number of fused-ring (bicyclic) bond motifs is 1. The molecule has 130 valence electrons. The smallest absolute Gasteiger partial charge is 0.303 e. The second-order valence-electron chi connectivity index (χ2n) is 6.49. The summed E-state index contributed by atoms with van der Waals surface area (Å²) < 4.78 is 0. The lowest BCUT2D eigenvalue weighted by Gasteiger charge is -2.19. The number of hydrogen-bond acceptors (Lipinski definition) is 3. The Morgan fingerprint density at radius 1 is 1.04 bits per heavy atom. The van der Waals surface area contributed by atoms with E-state index < -0.39 is 5.97 Å². The first-order valence-corrected chi connectivity index (χ1v) is 8.80. The number of aryl methyl sites for hydroxylation is 1. The molecule has 2 aromatic carbocycles. The molecule has 0 unspecified atom stereocenters. The van der Waals surface area contributed by atoms with Gasteiger partial charge in [0.2, 0.25) is 0 Å². The zero-order chi connectivity index (χ0) is 17.6. The summed E-state index contributed by atoms with van der Waals surface area (Å²) >= 11 is 0. The molecule has 0 saturated heterocycles. The van der Waals surface area contributed by atoms with Crippen molar-refractivity contribution in [3.8, 4) is 0 Å². The normalized spacial score (nSPS) is 12.9. The number of hydrogen-bond donors (Lipinski definition) is 1. The van der Waals surface area contributed by atoms with Crippen LogP contribution in [0.1, 0.15) is 40.7 Å². The SMILES string of the molecule is O=C(O)CCC(=O)c1ccc2c(c1)CCN2CCCc1ccccc1. The summed E-state index contributed by atoms with van der Waals surface area (Å²) in [5, 5.41) is 8.70. The third-order valence-corrected chi connectivity index (χ3v) is 4.70. The largest absolute Gasteiger partial charge is 0.481 e. The predicted molar refractivity (Wildman–Crippen MR) is 98.3 cm³/mol. The lowest BCUT2D eigenvalue weighted by atomic mass is 10.0. The monoisotopic (exact) mass is 337 g/mol. The number of carboxylic acid groups (broad SMARTS) is 1. The van der Waals surface area contributed by atoms with Gasteiger partial charge >= 0.3 is 5.97 Å². The molecule has 0 spiro atoms. The number of carbonyl (C=O) groups excluding carboxylic acids is 1. The van der Waals surface area contributed by atoms with Gasteiger partial charge in [0, 0.05) is 30.8 Å². The van der Waals surface area contributed by atoms with Crippen molar-refractivity contribution in [2.45, 2.75) is 32.1 Å². The second-order valence-corrected chi connectivity index (χ2v) is 6.49. The standard InChI is InChI=1S/C21H23NO3/c23-20(10-11-21(24)25)18-8-9-19-17(15-18)12-14-22(19)13-4-7-16-5-2-1-3-6-16/h1-3,5-6,8-9,15H,4,7,10-14H2,(H,24,25). The minimum atomic E-state index is -0.931. The van der Waals surface area contributed by atoms with Crippen molar-refractivity contribution in [1.29, 1.82) is 0 Å². The average Bonchev–Trinajstić information content (AvgIpc) is 3.03. The molecule has 0 saturated carbocycles. The molecule has 4 nitrogen and oxygen atoms in total. The first kappa shape index (κ1) is 17.2. The highest BCUT2D eigenvalue weighted by atomic mass is 16.4. The van der Waals surface area contributed by atoms with Gasteiger partial charge in [-0.3, -0.25) is 9.59 Å². The van der Waals surface area contributed by atoms with Gasteiger partial charge in [0.05, 0.1) is 6.42 Å². The van der Waals surface area contributed by atoms with Crippen LogP contribution in [0.5, 0.6) is 0 Å². The van der Waals surface area contributed by atoms with Crippen molar-refractivity contribution in [3.05, 3.63) is 65.2 Å². The van der Waals surface area contributed by atoms with Crippen molar-refractivity contribution in [1.82, 2.24) is 0 Å². The Hall–Kier alpha value is -2.62. The highest BCUT2D eigenvalue weighted by molar-refractivity contribution is 5.98. The van der Waals surface area contributed by atoms with Gasteiger partial charge in [-0.2, -0.15) is 0 Å². The lowest BCUT2D eigenvalue weighted by molar-refractivity contribution is -0.136. The van der Waals surface area contributed by atoms with Crippen LogP contribution >= 0.6 is 0 Å². The Morgan fingerprint density at radius 2 is 1.84 bits per heavy atom. The molecule has 0 fully saturated rings. The number of anilines is 1. The van der Waals surface area contributed by atoms with Gasteiger partial charge in [-0.25, -0.2) is 0 Å². The number of rotatable bonds is 8. The maximum Gasteiger partial charge on any atom is 0.303 e. The molecule has 1 aliphatic rings. The van der Waals surface area contributed by atoms with Gasteiger partial charge in [0.1, 0.15) is 0 Å². The topological polar surface area (TPSA) is 57.6 Å². The molecule has 0 radical (unpaired) electrons. The third-order valence-electron chi connectivity index (χ3n) is 4.70. The zero-order valence-corrected chi connectivity index (χ0v) is 14.3. The summed E-state index contributed by atoms with van der Waals surface area (Å²) in [5.74, 6) is -1.02. The Labute approximate surface area is 148 Å². The maximum atomic E-state index is 12.1. The number of nitrogens with zero attached hydrogens (tertiary/aromatic N) is 1. The van der Waals surface area contributed by atoms with E-state index in [1.807, 2.05) is 24.3 Å². The van der Waals surface area contributed by atoms with Crippen LogP contribution in [-0.4, -0.2) is 29.9 Å². The van der Waals surface area contributed by atoms with E-state index in [2.05, 4.69) is 29.2 Å².